The Morgan fingerprint density at radius 2 is 1.90 bits per heavy atom. The number of nitrogens with zero attached hydrogens (tertiary/aromatic N) is 2. The van der Waals surface area contributed by atoms with Gasteiger partial charge in [-0.3, -0.25) is 4.79 Å². The first-order valence-corrected chi connectivity index (χ1v) is 10.2. The summed E-state index contributed by atoms with van der Waals surface area (Å²) in [7, 11) is 1.39. The third-order valence-electron chi connectivity index (χ3n) is 5.86. The van der Waals surface area contributed by atoms with E-state index in [1.54, 1.807) is 6.07 Å². The van der Waals surface area contributed by atoms with E-state index >= 15 is 0 Å². The summed E-state index contributed by atoms with van der Waals surface area (Å²) in [6.45, 7) is 2.99. The smallest absolute Gasteiger partial charge is 0.337 e. The lowest BCUT2D eigenvalue weighted by Gasteiger charge is -2.31. The third kappa shape index (κ3) is 4.21. The van der Waals surface area contributed by atoms with Gasteiger partial charge < -0.3 is 20.4 Å². The minimum absolute atomic E-state index is 0.308. The summed E-state index contributed by atoms with van der Waals surface area (Å²) in [5.41, 5.74) is 9.25. The number of esters is 1. The zero-order valence-corrected chi connectivity index (χ0v) is 17.1. The fourth-order valence-electron chi connectivity index (χ4n) is 4.09. The van der Waals surface area contributed by atoms with Gasteiger partial charge in [-0.1, -0.05) is 18.2 Å². The largest absolute Gasteiger partial charge is 0.465 e. The van der Waals surface area contributed by atoms with Gasteiger partial charge >= 0.3 is 5.97 Å². The normalized spacial score (nSPS) is 15.4. The number of amides is 1. The number of hydrogen-bond acceptors (Lipinski definition) is 5. The first kappa shape index (κ1) is 20.1. The fourth-order valence-corrected chi connectivity index (χ4v) is 4.09. The molecule has 1 saturated heterocycles. The molecule has 0 radical (unpaired) electrons. The molecule has 1 amide bonds. The number of primary amides is 1. The van der Waals surface area contributed by atoms with Crippen LogP contribution in [0.5, 0.6) is 0 Å². The van der Waals surface area contributed by atoms with Gasteiger partial charge in [0.15, 0.2) is 0 Å². The number of para-hydroxylation sites is 1. The number of methoxy groups -OCH3 is 1. The molecule has 0 spiro atoms. The zero-order valence-electron chi connectivity index (χ0n) is 17.1. The van der Waals surface area contributed by atoms with Crippen LogP contribution in [0.4, 0.5) is 0 Å². The van der Waals surface area contributed by atoms with E-state index in [0.717, 1.165) is 50.2 Å². The van der Waals surface area contributed by atoms with Crippen LogP contribution in [0.2, 0.25) is 0 Å². The number of fused-ring (bicyclic) bond motifs is 1. The van der Waals surface area contributed by atoms with Crippen LogP contribution in [0.15, 0.2) is 42.5 Å². The maximum atomic E-state index is 11.6. The van der Waals surface area contributed by atoms with Crippen LogP contribution in [-0.2, 0) is 11.2 Å². The molecule has 7 heteroatoms. The van der Waals surface area contributed by atoms with Crippen molar-refractivity contribution in [2.24, 2.45) is 5.73 Å². The van der Waals surface area contributed by atoms with Crippen molar-refractivity contribution in [1.29, 1.82) is 0 Å². The number of nitrogens with two attached hydrogens (primary N) is 1. The minimum Gasteiger partial charge on any atom is -0.465 e. The number of carbonyl (C=O) groups excluding carboxylic acids is 2. The second-order valence-corrected chi connectivity index (χ2v) is 7.74. The van der Waals surface area contributed by atoms with Crippen molar-refractivity contribution in [1.82, 2.24) is 14.9 Å². The molecule has 0 unspecified atom stereocenters. The average molecular weight is 406 g/mol. The number of imidazole rings is 1. The molecule has 2 heterocycles. The van der Waals surface area contributed by atoms with Crippen LogP contribution in [0.3, 0.4) is 0 Å². The van der Waals surface area contributed by atoms with Crippen molar-refractivity contribution in [3.63, 3.8) is 0 Å². The van der Waals surface area contributed by atoms with E-state index < -0.39 is 5.91 Å². The second kappa shape index (κ2) is 8.67. The Labute approximate surface area is 175 Å². The molecule has 7 nitrogen and oxygen atoms in total. The molecule has 1 fully saturated rings. The number of aromatic amines is 1. The van der Waals surface area contributed by atoms with Gasteiger partial charge in [-0.15, -0.1) is 0 Å². The molecule has 0 bridgehead atoms. The number of carbonyl (C=O) groups is 2. The molecule has 0 atom stereocenters. The van der Waals surface area contributed by atoms with Crippen LogP contribution in [-0.4, -0.2) is 53.5 Å². The summed E-state index contributed by atoms with van der Waals surface area (Å²) in [6, 6.07) is 13.1. The molecule has 156 valence electrons. The highest BCUT2D eigenvalue weighted by atomic mass is 16.5. The number of aromatic nitrogens is 2. The van der Waals surface area contributed by atoms with Crippen LogP contribution in [0, 0.1) is 0 Å². The summed E-state index contributed by atoms with van der Waals surface area (Å²) in [4.78, 5) is 33.7. The van der Waals surface area contributed by atoms with E-state index in [1.807, 2.05) is 36.4 Å². The van der Waals surface area contributed by atoms with Gasteiger partial charge in [0.1, 0.15) is 11.3 Å². The number of ether oxygens (including phenoxy) is 1. The number of likely N-dealkylation sites (tertiary alicyclic amines) is 1. The standard InChI is InChI=1S/C23H26N4O3/c1-30-23(29)17-7-5-15(6-8-17)9-12-27-13-10-16(11-14-27)22-25-19-4-2-3-18(21(24)28)20(19)26-22/h2-8,16H,9-14H2,1H3,(H2,24,28)(H,25,26). The van der Waals surface area contributed by atoms with Gasteiger partial charge in [0.05, 0.1) is 23.8 Å². The maximum Gasteiger partial charge on any atom is 0.337 e. The molecule has 1 aliphatic rings. The molecule has 3 N–H and O–H groups in total. The first-order valence-electron chi connectivity index (χ1n) is 10.2. The highest BCUT2D eigenvalue weighted by Crippen LogP contribution is 2.28. The van der Waals surface area contributed by atoms with E-state index in [4.69, 9.17) is 15.5 Å². The Balaban J connectivity index is 1.33. The summed E-state index contributed by atoms with van der Waals surface area (Å²) in [6.07, 6.45) is 2.98. The van der Waals surface area contributed by atoms with Crippen molar-refractivity contribution in [3.05, 3.63) is 65.0 Å². The van der Waals surface area contributed by atoms with E-state index in [9.17, 15) is 9.59 Å². The monoisotopic (exact) mass is 406 g/mol. The fraction of sp³-hybridized carbons (Fsp3) is 0.348. The van der Waals surface area contributed by atoms with Crippen LogP contribution < -0.4 is 5.73 Å². The lowest BCUT2D eigenvalue weighted by Crippen LogP contribution is -2.34. The SMILES string of the molecule is COC(=O)c1ccc(CCN2CCC(c3nc4c(C(N)=O)cccc4[nH]3)CC2)cc1. The predicted molar refractivity (Wildman–Crippen MR) is 115 cm³/mol. The maximum absolute atomic E-state index is 11.6. The minimum atomic E-state index is -0.451. The molecular weight excluding hydrogens is 380 g/mol. The van der Waals surface area contributed by atoms with Crippen molar-refractivity contribution in [2.45, 2.75) is 25.2 Å². The summed E-state index contributed by atoms with van der Waals surface area (Å²) in [5, 5.41) is 0. The van der Waals surface area contributed by atoms with Crippen molar-refractivity contribution in [2.75, 3.05) is 26.7 Å². The van der Waals surface area contributed by atoms with Gasteiger partial charge in [-0.05, 0) is 62.2 Å². The summed E-state index contributed by atoms with van der Waals surface area (Å²) >= 11 is 0. The van der Waals surface area contributed by atoms with E-state index in [1.165, 1.54) is 12.7 Å². The number of H-pyrrole nitrogens is 1. The number of benzene rings is 2. The number of nitrogens with one attached hydrogen (secondary N) is 1. The van der Waals surface area contributed by atoms with E-state index in [0.29, 0.717) is 22.6 Å². The van der Waals surface area contributed by atoms with Gasteiger partial charge in [-0.2, -0.15) is 0 Å². The molecule has 1 aliphatic heterocycles. The van der Waals surface area contributed by atoms with E-state index in [-0.39, 0.29) is 5.97 Å². The highest BCUT2D eigenvalue weighted by molar-refractivity contribution is 6.04. The third-order valence-corrected chi connectivity index (χ3v) is 5.86. The van der Waals surface area contributed by atoms with Gasteiger partial charge in [0.25, 0.3) is 5.91 Å². The molecule has 30 heavy (non-hydrogen) atoms. The highest BCUT2D eigenvalue weighted by Gasteiger charge is 2.23. The van der Waals surface area contributed by atoms with Crippen molar-refractivity contribution < 1.29 is 14.3 Å². The lowest BCUT2D eigenvalue weighted by atomic mass is 9.96. The van der Waals surface area contributed by atoms with Crippen molar-refractivity contribution >= 4 is 22.9 Å². The Bertz CT molecular complexity index is 1050. The predicted octanol–water partition coefficient (Wildman–Crippen LogP) is 2.87. The van der Waals surface area contributed by atoms with Crippen LogP contribution >= 0.6 is 0 Å². The zero-order chi connectivity index (χ0) is 21.1. The van der Waals surface area contributed by atoms with Crippen molar-refractivity contribution in [3.8, 4) is 0 Å². The molecule has 4 rings (SSSR count). The topological polar surface area (TPSA) is 101 Å². The second-order valence-electron chi connectivity index (χ2n) is 7.74. The number of hydrogen-bond donors (Lipinski definition) is 2. The molecule has 0 aliphatic carbocycles. The molecular formula is C23H26N4O3. The van der Waals surface area contributed by atoms with Gasteiger partial charge in [0, 0.05) is 12.5 Å². The van der Waals surface area contributed by atoms with Crippen LogP contribution in [0.25, 0.3) is 11.0 Å². The lowest BCUT2D eigenvalue weighted by molar-refractivity contribution is 0.0600. The van der Waals surface area contributed by atoms with Crippen LogP contribution in [0.1, 0.15) is 50.9 Å². The molecule has 3 aromatic rings. The average Bonchev–Trinajstić information content (AvgIpc) is 3.22. The Hall–Kier alpha value is -3.19. The number of piperidine rings is 1. The molecule has 2 aromatic carbocycles. The van der Waals surface area contributed by atoms with Gasteiger partial charge in [0.2, 0.25) is 0 Å². The summed E-state index contributed by atoms with van der Waals surface area (Å²) < 4.78 is 4.74. The van der Waals surface area contributed by atoms with E-state index in [2.05, 4.69) is 9.88 Å². The van der Waals surface area contributed by atoms with Gasteiger partial charge in [-0.25, -0.2) is 9.78 Å². The molecule has 1 aromatic heterocycles. The Morgan fingerprint density at radius 1 is 1.17 bits per heavy atom. The quantitative estimate of drug-likeness (QED) is 0.613. The Kier molecular flexibility index (Phi) is 5.81. The first-order chi connectivity index (χ1) is 14.5. The molecule has 0 saturated carbocycles. The Morgan fingerprint density at radius 3 is 2.57 bits per heavy atom. The summed E-state index contributed by atoms with van der Waals surface area (Å²) in [5.74, 6) is 0.538. The number of rotatable bonds is 6.